The van der Waals surface area contributed by atoms with Crippen molar-refractivity contribution in [2.45, 2.75) is 6.42 Å². The van der Waals surface area contributed by atoms with E-state index in [9.17, 15) is 8.78 Å². The Morgan fingerprint density at radius 1 is 1.15 bits per heavy atom. The van der Waals surface area contributed by atoms with Gasteiger partial charge in [0.1, 0.15) is 0 Å². The smallest absolute Gasteiger partial charge is 0.190 e. The summed E-state index contributed by atoms with van der Waals surface area (Å²) in [5.74, 6) is -1.76. The monoisotopic (exact) mass is 286 g/mol. The summed E-state index contributed by atoms with van der Waals surface area (Å²) >= 11 is 0. The molecule has 0 aromatic heterocycles. The molecule has 6 heteroatoms. The lowest BCUT2D eigenvalue weighted by molar-refractivity contribution is 0.222. The lowest BCUT2D eigenvalue weighted by Crippen LogP contribution is -2.44. The number of aliphatic hydroxyl groups is 1. The van der Waals surface area contributed by atoms with Crippen LogP contribution in [0.15, 0.2) is 12.1 Å². The van der Waals surface area contributed by atoms with Crippen LogP contribution in [0, 0.1) is 11.6 Å². The van der Waals surface area contributed by atoms with E-state index in [0.29, 0.717) is 12.1 Å². The first kappa shape index (κ1) is 15.0. The molecule has 1 aromatic rings. The van der Waals surface area contributed by atoms with Crippen molar-refractivity contribution in [2.24, 2.45) is 0 Å². The SMILES string of the molecule is CN1CCN(c2cc(F)c(OCCCO)c(F)c2)CC1. The molecule has 0 atom stereocenters. The summed E-state index contributed by atoms with van der Waals surface area (Å²) in [7, 11) is 2.02. The Balaban J connectivity index is 2.09. The van der Waals surface area contributed by atoms with E-state index < -0.39 is 11.6 Å². The summed E-state index contributed by atoms with van der Waals surface area (Å²) < 4.78 is 32.8. The first-order valence-corrected chi connectivity index (χ1v) is 6.78. The number of nitrogens with zero attached hydrogens (tertiary/aromatic N) is 2. The fourth-order valence-corrected chi connectivity index (χ4v) is 2.17. The van der Waals surface area contributed by atoms with Crippen LogP contribution >= 0.6 is 0 Å². The summed E-state index contributed by atoms with van der Waals surface area (Å²) in [6, 6.07) is 2.62. The van der Waals surface area contributed by atoms with Crippen molar-refractivity contribution in [1.29, 1.82) is 0 Å². The molecule has 0 radical (unpaired) electrons. The third-order valence-electron chi connectivity index (χ3n) is 3.40. The second-order valence-corrected chi connectivity index (χ2v) is 4.95. The number of ether oxygens (including phenoxy) is 1. The van der Waals surface area contributed by atoms with Crippen molar-refractivity contribution >= 4 is 5.69 Å². The van der Waals surface area contributed by atoms with Gasteiger partial charge in [-0.3, -0.25) is 0 Å². The maximum absolute atomic E-state index is 13.9. The molecule has 0 amide bonds. The predicted octanol–water partition coefficient (Wildman–Crippen LogP) is 1.48. The maximum Gasteiger partial charge on any atom is 0.190 e. The van der Waals surface area contributed by atoms with Crippen LogP contribution in [0.5, 0.6) is 5.75 Å². The van der Waals surface area contributed by atoms with Gasteiger partial charge < -0.3 is 19.6 Å². The molecule has 112 valence electrons. The summed E-state index contributed by atoms with van der Waals surface area (Å²) in [4.78, 5) is 4.14. The highest BCUT2D eigenvalue weighted by Gasteiger charge is 2.19. The van der Waals surface area contributed by atoms with Gasteiger partial charge in [-0.15, -0.1) is 0 Å². The minimum atomic E-state index is -0.697. The van der Waals surface area contributed by atoms with Crippen LogP contribution in [0.2, 0.25) is 0 Å². The minimum absolute atomic E-state index is 0.0668. The zero-order valence-electron chi connectivity index (χ0n) is 11.6. The molecule has 0 bridgehead atoms. The molecule has 0 aliphatic carbocycles. The molecule has 2 rings (SSSR count). The fraction of sp³-hybridized carbons (Fsp3) is 0.571. The lowest BCUT2D eigenvalue weighted by atomic mass is 10.2. The van der Waals surface area contributed by atoms with E-state index in [1.165, 1.54) is 12.1 Å². The standard InChI is InChI=1S/C14H20F2N2O2/c1-17-3-5-18(6-4-17)11-9-12(15)14(13(16)10-11)20-8-2-7-19/h9-10,19H,2-8H2,1H3. The Morgan fingerprint density at radius 2 is 1.75 bits per heavy atom. The highest BCUT2D eigenvalue weighted by Crippen LogP contribution is 2.28. The summed E-state index contributed by atoms with van der Waals surface area (Å²) in [6.07, 6.45) is 0.346. The number of anilines is 1. The summed E-state index contributed by atoms with van der Waals surface area (Å²) in [5, 5.41) is 8.64. The predicted molar refractivity (Wildman–Crippen MR) is 73.3 cm³/mol. The molecule has 1 saturated heterocycles. The molecule has 1 heterocycles. The van der Waals surface area contributed by atoms with Crippen molar-refractivity contribution < 1.29 is 18.6 Å². The second kappa shape index (κ2) is 6.85. The average molecular weight is 286 g/mol. The number of benzene rings is 1. The number of aliphatic hydroxyl groups excluding tert-OH is 1. The van der Waals surface area contributed by atoms with Crippen molar-refractivity contribution in [3.63, 3.8) is 0 Å². The number of hydrogen-bond acceptors (Lipinski definition) is 4. The van der Waals surface area contributed by atoms with Crippen molar-refractivity contribution in [3.05, 3.63) is 23.8 Å². The van der Waals surface area contributed by atoms with Gasteiger partial charge in [-0.2, -0.15) is 0 Å². The van der Waals surface area contributed by atoms with Gasteiger partial charge in [0.05, 0.1) is 6.61 Å². The van der Waals surface area contributed by atoms with Gasteiger partial charge in [0.2, 0.25) is 0 Å². The minimum Gasteiger partial charge on any atom is -0.488 e. The molecular weight excluding hydrogens is 266 g/mol. The van der Waals surface area contributed by atoms with E-state index in [-0.39, 0.29) is 19.0 Å². The first-order chi connectivity index (χ1) is 9.61. The zero-order chi connectivity index (χ0) is 14.5. The van der Waals surface area contributed by atoms with Gasteiger partial charge in [0, 0.05) is 57.0 Å². The maximum atomic E-state index is 13.9. The van der Waals surface area contributed by atoms with Gasteiger partial charge in [-0.1, -0.05) is 0 Å². The topological polar surface area (TPSA) is 35.9 Å². The Hall–Kier alpha value is -1.40. The van der Waals surface area contributed by atoms with Crippen molar-refractivity contribution in [3.8, 4) is 5.75 Å². The molecule has 0 unspecified atom stereocenters. The second-order valence-electron chi connectivity index (χ2n) is 4.95. The molecule has 1 aliphatic heterocycles. The molecule has 4 nitrogen and oxygen atoms in total. The number of likely N-dealkylation sites (N-methyl/N-ethyl adjacent to an activating group) is 1. The van der Waals surface area contributed by atoms with E-state index in [4.69, 9.17) is 9.84 Å². The van der Waals surface area contributed by atoms with Gasteiger partial charge in [0.25, 0.3) is 0 Å². The van der Waals surface area contributed by atoms with Crippen LogP contribution in [-0.2, 0) is 0 Å². The number of halogens is 2. The average Bonchev–Trinajstić information content (AvgIpc) is 2.42. The quantitative estimate of drug-likeness (QED) is 0.832. The molecular formula is C14H20F2N2O2. The molecule has 0 spiro atoms. The normalized spacial score (nSPS) is 16.5. The van der Waals surface area contributed by atoms with Crippen LogP contribution in [0.3, 0.4) is 0 Å². The van der Waals surface area contributed by atoms with E-state index in [0.717, 1.165) is 26.2 Å². The largest absolute Gasteiger partial charge is 0.488 e. The summed E-state index contributed by atoms with van der Waals surface area (Å²) in [6.45, 7) is 3.27. The first-order valence-electron chi connectivity index (χ1n) is 6.78. The molecule has 1 fully saturated rings. The van der Waals surface area contributed by atoms with Crippen LogP contribution in [0.25, 0.3) is 0 Å². The summed E-state index contributed by atoms with van der Waals surface area (Å²) in [5.41, 5.74) is 0.544. The molecule has 1 aromatic carbocycles. The Labute approximate surface area is 117 Å². The zero-order valence-corrected chi connectivity index (χ0v) is 11.6. The Kier molecular flexibility index (Phi) is 5.14. The Morgan fingerprint density at radius 3 is 2.30 bits per heavy atom. The molecule has 0 saturated carbocycles. The number of hydrogen-bond donors (Lipinski definition) is 1. The highest BCUT2D eigenvalue weighted by molar-refractivity contribution is 5.51. The van der Waals surface area contributed by atoms with Crippen LogP contribution in [0.4, 0.5) is 14.5 Å². The van der Waals surface area contributed by atoms with Crippen LogP contribution in [-0.4, -0.2) is 56.4 Å². The van der Waals surface area contributed by atoms with Crippen LogP contribution in [0.1, 0.15) is 6.42 Å². The molecule has 1 N–H and O–H groups in total. The van der Waals surface area contributed by atoms with Gasteiger partial charge in [-0.05, 0) is 7.05 Å². The number of rotatable bonds is 5. The van der Waals surface area contributed by atoms with Crippen molar-refractivity contribution in [2.75, 3.05) is 51.3 Å². The Bertz CT molecular complexity index is 426. The highest BCUT2D eigenvalue weighted by atomic mass is 19.1. The van der Waals surface area contributed by atoms with E-state index >= 15 is 0 Å². The number of piperazine rings is 1. The molecule has 20 heavy (non-hydrogen) atoms. The third-order valence-corrected chi connectivity index (χ3v) is 3.40. The van der Waals surface area contributed by atoms with E-state index in [1.54, 1.807) is 0 Å². The van der Waals surface area contributed by atoms with Gasteiger partial charge in [0.15, 0.2) is 17.4 Å². The molecule has 1 aliphatic rings. The third kappa shape index (κ3) is 3.58. The fourth-order valence-electron chi connectivity index (χ4n) is 2.17. The van der Waals surface area contributed by atoms with E-state index in [1.807, 2.05) is 11.9 Å². The van der Waals surface area contributed by atoms with E-state index in [2.05, 4.69) is 4.90 Å². The van der Waals surface area contributed by atoms with Gasteiger partial charge in [-0.25, -0.2) is 8.78 Å². The van der Waals surface area contributed by atoms with Crippen molar-refractivity contribution in [1.82, 2.24) is 4.90 Å². The lowest BCUT2D eigenvalue weighted by Gasteiger charge is -2.34. The van der Waals surface area contributed by atoms with Crippen LogP contribution < -0.4 is 9.64 Å². The van der Waals surface area contributed by atoms with Gasteiger partial charge >= 0.3 is 0 Å².